The zero-order valence-electron chi connectivity index (χ0n) is 17.2. The average molecular weight is 428 g/mol. The molecule has 1 aliphatic heterocycles. The summed E-state index contributed by atoms with van der Waals surface area (Å²) in [7, 11) is 0. The maximum absolute atomic E-state index is 12.5. The highest BCUT2D eigenvalue weighted by molar-refractivity contribution is 5.96. The van der Waals surface area contributed by atoms with E-state index in [9.17, 15) is 19.7 Å². The van der Waals surface area contributed by atoms with Crippen molar-refractivity contribution >= 4 is 23.3 Å². The molecule has 0 unspecified atom stereocenters. The van der Waals surface area contributed by atoms with E-state index in [-0.39, 0.29) is 24.6 Å². The molecule has 0 saturated carbocycles. The number of hydrogen-bond donors (Lipinski definition) is 0. The maximum atomic E-state index is 12.5. The van der Waals surface area contributed by atoms with Gasteiger partial charge in [-0.25, -0.2) is 0 Å². The minimum atomic E-state index is -0.541. The molecule has 0 bridgehead atoms. The summed E-state index contributed by atoms with van der Waals surface area (Å²) in [5.41, 5.74) is 1.35. The fraction of sp³-hybridized carbons (Fsp3) is 0.364. The number of aryl methyl sites for hydroxylation is 1. The van der Waals surface area contributed by atoms with Crippen LogP contribution in [0.3, 0.4) is 0 Å². The molecule has 0 fully saturated rings. The Morgan fingerprint density at radius 1 is 1.10 bits per heavy atom. The van der Waals surface area contributed by atoms with E-state index in [0.29, 0.717) is 37.4 Å². The third kappa shape index (κ3) is 5.94. The highest BCUT2D eigenvalue weighted by atomic mass is 16.6. The third-order valence-corrected chi connectivity index (χ3v) is 4.76. The number of carbonyl (C=O) groups is 2. The lowest BCUT2D eigenvalue weighted by Crippen LogP contribution is -2.38. The van der Waals surface area contributed by atoms with E-state index >= 15 is 0 Å². The van der Waals surface area contributed by atoms with Gasteiger partial charge in [-0.3, -0.25) is 19.7 Å². The molecule has 0 aromatic heterocycles. The third-order valence-electron chi connectivity index (χ3n) is 4.76. The molecule has 2 aromatic rings. The SMILES string of the molecule is CCOc1ccc(OCCC(=O)OCC(=O)N2CCCc3cc([N+](=O)[O-])ccc32)cc1. The summed E-state index contributed by atoms with van der Waals surface area (Å²) in [6.07, 6.45) is 1.34. The normalized spacial score (nSPS) is 12.6. The van der Waals surface area contributed by atoms with E-state index in [0.717, 1.165) is 11.3 Å². The first-order valence-corrected chi connectivity index (χ1v) is 10.1. The van der Waals surface area contributed by atoms with Crippen LogP contribution in [0.15, 0.2) is 42.5 Å². The van der Waals surface area contributed by atoms with E-state index in [1.54, 1.807) is 30.3 Å². The standard InChI is InChI=1S/C22H24N2O7/c1-2-29-18-6-8-19(9-7-18)30-13-11-22(26)31-15-21(25)23-12-3-4-16-14-17(24(27)28)5-10-20(16)23/h5-10,14H,2-4,11-13,15H2,1H3. The Labute approximate surface area is 179 Å². The zero-order valence-corrected chi connectivity index (χ0v) is 17.2. The summed E-state index contributed by atoms with van der Waals surface area (Å²) in [6, 6.07) is 11.5. The van der Waals surface area contributed by atoms with Crippen molar-refractivity contribution in [2.75, 3.05) is 31.3 Å². The van der Waals surface area contributed by atoms with E-state index in [2.05, 4.69) is 0 Å². The molecule has 0 radical (unpaired) electrons. The molecule has 31 heavy (non-hydrogen) atoms. The Hall–Kier alpha value is -3.62. The van der Waals surface area contributed by atoms with Gasteiger partial charge in [0.15, 0.2) is 6.61 Å². The molecule has 3 rings (SSSR count). The molecular weight excluding hydrogens is 404 g/mol. The van der Waals surface area contributed by atoms with Crippen molar-refractivity contribution in [3.05, 3.63) is 58.1 Å². The number of nitrogens with zero attached hydrogens (tertiary/aromatic N) is 2. The smallest absolute Gasteiger partial charge is 0.309 e. The van der Waals surface area contributed by atoms with Gasteiger partial charge in [-0.05, 0) is 55.7 Å². The topological polar surface area (TPSA) is 108 Å². The second-order valence-corrected chi connectivity index (χ2v) is 6.88. The average Bonchev–Trinajstić information content (AvgIpc) is 2.78. The van der Waals surface area contributed by atoms with Gasteiger partial charge >= 0.3 is 5.97 Å². The Morgan fingerprint density at radius 3 is 2.48 bits per heavy atom. The zero-order chi connectivity index (χ0) is 22.2. The number of ether oxygens (including phenoxy) is 3. The molecule has 0 spiro atoms. The molecule has 9 heteroatoms. The highest BCUT2D eigenvalue weighted by Crippen LogP contribution is 2.30. The summed E-state index contributed by atoms with van der Waals surface area (Å²) in [6.45, 7) is 2.68. The van der Waals surface area contributed by atoms with Gasteiger partial charge in [0, 0.05) is 24.4 Å². The molecule has 0 atom stereocenters. The summed E-state index contributed by atoms with van der Waals surface area (Å²) < 4.78 is 15.9. The number of fused-ring (bicyclic) bond motifs is 1. The van der Waals surface area contributed by atoms with Crippen LogP contribution >= 0.6 is 0 Å². The number of anilines is 1. The van der Waals surface area contributed by atoms with Crippen molar-refractivity contribution in [2.45, 2.75) is 26.2 Å². The van der Waals surface area contributed by atoms with Crippen LogP contribution in [0.1, 0.15) is 25.3 Å². The number of non-ortho nitro benzene ring substituents is 1. The van der Waals surface area contributed by atoms with Crippen molar-refractivity contribution in [2.24, 2.45) is 0 Å². The molecular formula is C22H24N2O7. The van der Waals surface area contributed by atoms with Gasteiger partial charge < -0.3 is 19.1 Å². The van der Waals surface area contributed by atoms with E-state index in [1.165, 1.54) is 17.0 Å². The van der Waals surface area contributed by atoms with Crippen LogP contribution in [0.5, 0.6) is 11.5 Å². The molecule has 2 aromatic carbocycles. The predicted octanol–water partition coefficient (Wildman–Crippen LogP) is 3.29. The molecule has 0 aliphatic carbocycles. The quantitative estimate of drug-likeness (QED) is 0.343. The number of nitro groups is 1. The fourth-order valence-corrected chi connectivity index (χ4v) is 3.30. The summed E-state index contributed by atoms with van der Waals surface area (Å²) in [5, 5.41) is 10.9. The number of rotatable bonds is 9. The molecule has 1 aliphatic rings. The number of hydrogen-bond acceptors (Lipinski definition) is 7. The highest BCUT2D eigenvalue weighted by Gasteiger charge is 2.25. The van der Waals surface area contributed by atoms with Crippen LogP contribution in [0, 0.1) is 10.1 Å². The molecule has 1 heterocycles. The van der Waals surface area contributed by atoms with Crippen LogP contribution in [-0.4, -0.2) is 43.2 Å². The lowest BCUT2D eigenvalue weighted by atomic mass is 10.0. The van der Waals surface area contributed by atoms with Crippen LogP contribution in [0.25, 0.3) is 0 Å². The summed E-state index contributed by atoms with van der Waals surface area (Å²) in [5.74, 6) is 0.434. The first kappa shape index (κ1) is 22.1. The molecule has 1 amide bonds. The molecule has 0 N–H and O–H groups in total. The van der Waals surface area contributed by atoms with Crippen molar-refractivity contribution in [3.8, 4) is 11.5 Å². The second kappa shape index (κ2) is 10.4. The lowest BCUT2D eigenvalue weighted by Gasteiger charge is -2.29. The maximum Gasteiger partial charge on any atom is 0.309 e. The first-order valence-electron chi connectivity index (χ1n) is 10.1. The van der Waals surface area contributed by atoms with Gasteiger partial charge in [0.2, 0.25) is 0 Å². The van der Waals surface area contributed by atoms with Crippen LogP contribution in [-0.2, 0) is 20.7 Å². The van der Waals surface area contributed by atoms with Gasteiger partial charge in [-0.1, -0.05) is 0 Å². The lowest BCUT2D eigenvalue weighted by molar-refractivity contribution is -0.384. The Morgan fingerprint density at radius 2 is 1.81 bits per heavy atom. The largest absolute Gasteiger partial charge is 0.494 e. The molecule has 0 saturated heterocycles. The van der Waals surface area contributed by atoms with E-state index in [1.807, 2.05) is 6.92 Å². The van der Waals surface area contributed by atoms with Gasteiger partial charge in [0.1, 0.15) is 11.5 Å². The van der Waals surface area contributed by atoms with E-state index in [4.69, 9.17) is 14.2 Å². The van der Waals surface area contributed by atoms with Crippen molar-refractivity contribution in [1.82, 2.24) is 0 Å². The fourth-order valence-electron chi connectivity index (χ4n) is 3.30. The van der Waals surface area contributed by atoms with Crippen molar-refractivity contribution in [1.29, 1.82) is 0 Å². The minimum absolute atomic E-state index is 0.00325. The number of carbonyl (C=O) groups excluding carboxylic acids is 2. The summed E-state index contributed by atoms with van der Waals surface area (Å²) >= 11 is 0. The van der Waals surface area contributed by atoms with Gasteiger partial charge in [0.05, 0.1) is 24.6 Å². The van der Waals surface area contributed by atoms with Gasteiger partial charge in [0.25, 0.3) is 11.6 Å². The Kier molecular flexibility index (Phi) is 7.42. The number of amides is 1. The number of esters is 1. The predicted molar refractivity (Wildman–Crippen MR) is 112 cm³/mol. The second-order valence-electron chi connectivity index (χ2n) is 6.88. The van der Waals surface area contributed by atoms with Crippen molar-refractivity contribution in [3.63, 3.8) is 0 Å². The minimum Gasteiger partial charge on any atom is -0.494 e. The van der Waals surface area contributed by atoms with Crippen LogP contribution < -0.4 is 14.4 Å². The Bertz CT molecular complexity index is 943. The monoisotopic (exact) mass is 428 g/mol. The van der Waals surface area contributed by atoms with Gasteiger partial charge in [-0.2, -0.15) is 0 Å². The molecule has 9 nitrogen and oxygen atoms in total. The summed E-state index contributed by atoms with van der Waals surface area (Å²) in [4.78, 5) is 36.5. The Balaban J connectivity index is 1.45. The van der Waals surface area contributed by atoms with E-state index < -0.39 is 17.5 Å². The van der Waals surface area contributed by atoms with Crippen LogP contribution in [0.2, 0.25) is 0 Å². The first-order chi connectivity index (χ1) is 15.0. The van der Waals surface area contributed by atoms with Gasteiger partial charge in [-0.15, -0.1) is 0 Å². The number of benzene rings is 2. The van der Waals surface area contributed by atoms with Crippen LogP contribution in [0.4, 0.5) is 11.4 Å². The van der Waals surface area contributed by atoms with Crippen molar-refractivity contribution < 1.29 is 28.7 Å². The molecule has 164 valence electrons. The number of nitro benzene ring substituents is 1.